The summed E-state index contributed by atoms with van der Waals surface area (Å²) in [5, 5.41) is 0. The van der Waals surface area contributed by atoms with E-state index in [9.17, 15) is 18.0 Å². The van der Waals surface area contributed by atoms with Gasteiger partial charge < -0.3 is 9.80 Å². The van der Waals surface area contributed by atoms with E-state index in [0.29, 0.717) is 31.7 Å². The molecule has 0 unspecified atom stereocenters. The minimum absolute atomic E-state index is 0.0334. The Kier molecular flexibility index (Phi) is 6.00. The maximum Gasteiger partial charge on any atom is 0.263 e. The minimum Gasteiger partial charge on any atom is -0.338 e. The maximum absolute atomic E-state index is 13.2. The molecular weight excluding hydrogens is 440 g/mol. The maximum atomic E-state index is 13.2. The Morgan fingerprint density at radius 2 is 1.52 bits per heavy atom. The molecule has 2 aliphatic heterocycles. The third kappa shape index (κ3) is 4.37. The number of hydrogen-bond acceptors (Lipinski definition) is 5. The fourth-order valence-corrected chi connectivity index (χ4v) is 5.49. The van der Waals surface area contributed by atoms with Crippen LogP contribution in [0.25, 0.3) is 0 Å². The van der Waals surface area contributed by atoms with Crippen LogP contribution in [-0.4, -0.2) is 68.1 Å². The molecule has 0 saturated carbocycles. The van der Waals surface area contributed by atoms with Gasteiger partial charge in [-0.25, -0.2) is 8.42 Å². The lowest BCUT2D eigenvalue weighted by Gasteiger charge is -2.39. The van der Waals surface area contributed by atoms with E-state index in [2.05, 4.69) is 9.71 Å². The van der Waals surface area contributed by atoms with Crippen molar-refractivity contribution in [3.05, 3.63) is 65.7 Å². The monoisotopic (exact) mass is 468 g/mol. The van der Waals surface area contributed by atoms with Gasteiger partial charge in [-0.2, -0.15) is 0 Å². The quantitative estimate of drug-likeness (QED) is 0.739. The lowest BCUT2D eigenvalue weighted by atomic mass is 9.83. The molecule has 1 N–H and O–H groups in total. The molecule has 2 aliphatic rings. The fourth-order valence-electron chi connectivity index (χ4n) is 4.25. The van der Waals surface area contributed by atoms with Gasteiger partial charge in [-0.05, 0) is 38.5 Å². The number of fused-ring (bicyclic) bond motifs is 1. The van der Waals surface area contributed by atoms with Gasteiger partial charge in [0, 0.05) is 31.7 Å². The van der Waals surface area contributed by atoms with Crippen LogP contribution in [0, 0.1) is 0 Å². The minimum atomic E-state index is -3.65. The van der Waals surface area contributed by atoms with Gasteiger partial charge in [-0.3, -0.25) is 19.3 Å². The van der Waals surface area contributed by atoms with Crippen LogP contribution in [0.3, 0.4) is 0 Å². The highest BCUT2D eigenvalue weighted by molar-refractivity contribution is 7.90. The second-order valence-corrected chi connectivity index (χ2v) is 10.5. The van der Waals surface area contributed by atoms with Crippen molar-refractivity contribution < 1.29 is 18.0 Å². The van der Waals surface area contributed by atoms with Crippen LogP contribution < -0.4 is 4.72 Å². The number of piperazine rings is 1. The van der Waals surface area contributed by atoms with E-state index in [1.807, 2.05) is 44.2 Å². The Balaban J connectivity index is 1.41. The van der Waals surface area contributed by atoms with E-state index >= 15 is 0 Å². The molecule has 2 amide bonds. The van der Waals surface area contributed by atoms with Crippen LogP contribution in [0.15, 0.2) is 64.5 Å². The number of nitrogens with zero attached hydrogens (tertiary/aromatic N) is 3. The molecule has 0 aromatic heterocycles. The summed E-state index contributed by atoms with van der Waals surface area (Å²) in [5.74, 6) is 0.0245. The normalized spacial score (nSPS) is 19.7. The average molecular weight is 469 g/mol. The summed E-state index contributed by atoms with van der Waals surface area (Å²) in [6.45, 7) is 7.20. The molecule has 0 aliphatic carbocycles. The number of carbonyl (C=O) groups is 2. The van der Waals surface area contributed by atoms with Gasteiger partial charge in [0.05, 0.1) is 10.3 Å². The highest BCUT2D eigenvalue weighted by Gasteiger charge is 2.36. The van der Waals surface area contributed by atoms with E-state index in [1.54, 1.807) is 34.9 Å². The van der Waals surface area contributed by atoms with Gasteiger partial charge in [-0.1, -0.05) is 42.5 Å². The lowest BCUT2D eigenvalue weighted by Crippen LogP contribution is -2.55. The molecule has 2 aromatic rings. The van der Waals surface area contributed by atoms with Gasteiger partial charge in [0.15, 0.2) is 0 Å². The van der Waals surface area contributed by atoms with E-state index in [4.69, 9.17) is 0 Å². The molecule has 2 aromatic carbocycles. The van der Waals surface area contributed by atoms with Gasteiger partial charge >= 0.3 is 0 Å². The Labute approximate surface area is 194 Å². The number of sulfonamides is 1. The van der Waals surface area contributed by atoms with Crippen molar-refractivity contribution in [2.45, 2.75) is 37.1 Å². The highest BCUT2D eigenvalue weighted by atomic mass is 32.2. The summed E-state index contributed by atoms with van der Waals surface area (Å²) in [6, 6.07) is 15.5. The molecule has 4 rings (SSSR count). The van der Waals surface area contributed by atoms with Crippen molar-refractivity contribution >= 4 is 27.7 Å². The molecule has 2 heterocycles. The first kappa shape index (κ1) is 23.0. The zero-order valence-corrected chi connectivity index (χ0v) is 19.8. The van der Waals surface area contributed by atoms with Crippen LogP contribution in [0.5, 0.6) is 0 Å². The fraction of sp³-hybridized carbons (Fsp3) is 0.375. The van der Waals surface area contributed by atoms with Crippen molar-refractivity contribution in [2.75, 3.05) is 26.2 Å². The zero-order chi connectivity index (χ0) is 23.8. The first-order chi connectivity index (χ1) is 15.6. The summed E-state index contributed by atoms with van der Waals surface area (Å²) in [7, 11) is -3.65. The van der Waals surface area contributed by atoms with E-state index < -0.39 is 21.5 Å². The molecule has 1 saturated heterocycles. The van der Waals surface area contributed by atoms with Crippen molar-refractivity contribution in [1.82, 2.24) is 14.5 Å². The molecule has 1 fully saturated rings. The number of amides is 2. The van der Waals surface area contributed by atoms with Crippen molar-refractivity contribution in [3.8, 4) is 0 Å². The lowest BCUT2D eigenvalue weighted by molar-refractivity contribution is -0.143. The smallest absolute Gasteiger partial charge is 0.263 e. The molecule has 33 heavy (non-hydrogen) atoms. The van der Waals surface area contributed by atoms with Crippen LogP contribution >= 0.6 is 0 Å². The first-order valence-corrected chi connectivity index (χ1v) is 12.4. The molecule has 1 atom stereocenters. The summed E-state index contributed by atoms with van der Waals surface area (Å²) in [4.78, 5) is 34.2. The third-order valence-electron chi connectivity index (χ3n) is 6.25. The molecule has 174 valence electrons. The summed E-state index contributed by atoms with van der Waals surface area (Å²) < 4.78 is 27.0. The summed E-state index contributed by atoms with van der Waals surface area (Å²) >= 11 is 0. The first-order valence-electron chi connectivity index (χ1n) is 10.9. The van der Waals surface area contributed by atoms with Gasteiger partial charge in [0.25, 0.3) is 10.0 Å². The molecule has 0 spiro atoms. The predicted molar refractivity (Wildman–Crippen MR) is 125 cm³/mol. The molecule has 8 nitrogen and oxygen atoms in total. The number of amidine groups is 1. The molecular formula is C24H28N4O4S. The van der Waals surface area contributed by atoms with E-state index in [1.165, 1.54) is 6.07 Å². The predicted octanol–water partition coefficient (Wildman–Crippen LogP) is 1.76. The number of hydrogen-bond donors (Lipinski definition) is 1. The van der Waals surface area contributed by atoms with Crippen molar-refractivity contribution in [1.29, 1.82) is 0 Å². The number of rotatable bonds is 4. The number of nitrogens with one attached hydrogen (secondary N) is 1. The van der Waals surface area contributed by atoms with Crippen molar-refractivity contribution in [2.24, 2.45) is 4.99 Å². The SMILES string of the molecule is C[C@H](N=C1NS(=O)(=O)c2ccccc21)C(=O)N1CCN(C(=O)C(C)(C)c2ccccc2)CC1. The van der Waals surface area contributed by atoms with Crippen molar-refractivity contribution in [3.63, 3.8) is 0 Å². The second-order valence-electron chi connectivity index (χ2n) is 8.86. The molecule has 9 heteroatoms. The topological polar surface area (TPSA) is 99.1 Å². The van der Waals surface area contributed by atoms with Gasteiger partial charge in [0.1, 0.15) is 11.9 Å². The van der Waals surface area contributed by atoms with Crippen LogP contribution in [0.1, 0.15) is 31.9 Å². The summed E-state index contributed by atoms with van der Waals surface area (Å²) in [5.41, 5.74) is 0.771. The Morgan fingerprint density at radius 3 is 2.18 bits per heavy atom. The van der Waals surface area contributed by atoms with Crippen LogP contribution in [0.4, 0.5) is 0 Å². The number of carbonyl (C=O) groups excluding carboxylic acids is 2. The van der Waals surface area contributed by atoms with Gasteiger partial charge in [-0.15, -0.1) is 0 Å². The molecule has 0 radical (unpaired) electrons. The summed E-state index contributed by atoms with van der Waals surface area (Å²) in [6.07, 6.45) is 0. The van der Waals surface area contributed by atoms with Crippen LogP contribution in [-0.2, 0) is 25.0 Å². The standard InChI is InChI=1S/C24H28N4O4S/c1-17(25-21-19-11-7-8-12-20(19)33(31,32)26-21)22(29)27-13-15-28(16-14-27)23(30)24(2,3)18-9-5-4-6-10-18/h4-12,17H,13-16H2,1-3H3,(H,25,26)/t17-/m0/s1. The highest BCUT2D eigenvalue weighted by Crippen LogP contribution is 2.26. The number of aliphatic imine (C=N–C) groups is 1. The molecule has 0 bridgehead atoms. The Bertz CT molecular complexity index is 1200. The average Bonchev–Trinajstić information content (AvgIpc) is 3.08. The zero-order valence-electron chi connectivity index (χ0n) is 19.0. The van der Waals surface area contributed by atoms with Gasteiger partial charge in [0.2, 0.25) is 11.8 Å². The van der Waals surface area contributed by atoms with E-state index in [0.717, 1.165) is 5.56 Å². The third-order valence-corrected chi connectivity index (χ3v) is 7.65. The van der Waals surface area contributed by atoms with Crippen LogP contribution in [0.2, 0.25) is 0 Å². The largest absolute Gasteiger partial charge is 0.338 e. The number of benzene rings is 2. The van der Waals surface area contributed by atoms with E-state index in [-0.39, 0.29) is 22.5 Å². The second kappa shape index (κ2) is 8.62. The Morgan fingerprint density at radius 1 is 0.939 bits per heavy atom. The Hall–Kier alpha value is -3.20.